The van der Waals surface area contributed by atoms with Crippen LogP contribution in [0.25, 0.3) is 0 Å². The fourth-order valence-corrected chi connectivity index (χ4v) is 2.64. The SMILES string of the molecule is CCCN1Cc2nnc(Cn3cccn3)n2[C@@H](C)C1=O. The number of hydrogen-bond donors (Lipinski definition) is 0. The van der Waals surface area contributed by atoms with Gasteiger partial charge in [0.25, 0.3) is 0 Å². The highest BCUT2D eigenvalue weighted by Gasteiger charge is 2.32. The van der Waals surface area contributed by atoms with E-state index in [2.05, 4.69) is 22.2 Å². The maximum Gasteiger partial charge on any atom is 0.245 e. The molecule has 7 heteroatoms. The number of fused-ring (bicyclic) bond motifs is 1. The minimum absolute atomic E-state index is 0.140. The molecule has 0 saturated carbocycles. The largest absolute Gasteiger partial charge is 0.333 e. The van der Waals surface area contributed by atoms with Crippen LogP contribution in [0.5, 0.6) is 0 Å². The fraction of sp³-hybridized carbons (Fsp3) is 0.538. The Morgan fingerprint density at radius 3 is 2.95 bits per heavy atom. The van der Waals surface area contributed by atoms with E-state index in [1.54, 1.807) is 10.9 Å². The zero-order chi connectivity index (χ0) is 14.1. The molecule has 0 aromatic carbocycles. The first-order valence-corrected chi connectivity index (χ1v) is 6.89. The van der Waals surface area contributed by atoms with Gasteiger partial charge < -0.3 is 4.90 Å². The maximum absolute atomic E-state index is 12.4. The predicted octanol–water partition coefficient (Wildman–Crippen LogP) is 0.836. The van der Waals surface area contributed by atoms with E-state index in [-0.39, 0.29) is 11.9 Å². The smallest absolute Gasteiger partial charge is 0.245 e. The molecule has 3 heterocycles. The third kappa shape index (κ3) is 2.09. The third-order valence-corrected chi connectivity index (χ3v) is 3.58. The van der Waals surface area contributed by atoms with Crippen molar-refractivity contribution < 1.29 is 4.79 Å². The lowest BCUT2D eigenvalue weighted by atomic mass is 10.2. The van der Waals surface area contributed by atoms with Crippen LogP contribution in [0.4, 0.5) is 0 Å². The van der Waals surface area contributed by atoms with E-state index in [9.17, 15) is 4.79 Å². The predicted molar refractivity (Wildman–Crippen MR) is 71.8 cm³/mol. The van der Waals surface area contributed by atoms with Gasteiger partial charge in [-0.25, -0.2) is 0 Å². The summed E-state index contributed by atoms with van der Waals surface area (Å²) in [5, 5.41) is 12.6. The first-order chi connectivity index (χ1) is 9.70. The first kappa shape index (κ1) is 12.8. The van der Waals surface area contributed by atoms with E-state index in [0.717, 1.165) is 24.6 Å². The van der Waals surface area contributed by atoms with Crippen LogP contribution in [0, 0.1) is 0 Å². The lowest BCUT2D eigenvalue weighted by Crippen LogP contribution is -2.42. The van der Waals surface area contributed by atoms with Gasteiger partial charge in [0.1, 0.15) is 12.6 Å². The Bertz CT molecular complexity index is 602. The highest BCUT2D eigenvalue weighted by atomic mass is 16.2. The van der Waals surface area contributed by atoms with Gasteiger partial charge in [-0.15, -0.1) is 10.2 Å². The maximum atomic E-state index is 12.4. The Kier molecular flexibility index (Phi) is 3.25. The molecule has 0 aliphatic carbocycles. The van der Waals surface area contributed by atoms with E-state index in [4.69, 9.17) is 0 Å². The van der Waals surface area contributed by atoms with Crippen molar-refractivity contribution >= 4 is 5.91 Å². The van der Waals surface area contributed by atoms with Gasteiger partial charge in [0, 0.05) is 18.9 Å². The Morgan fingerprint density at radius 2 is 2.25 bits per heavy atom. The highest BCUT2D eigenvalue weighted by Crippen LogP contribution is 2.23. The number of carbonyl (C=O) groups excluding carboxylic acids is 1. The van der Waals surface area contributed by atoms with Crippen LogP contribution >= 0.6 is 0 Å². The van der Waals surface area contributed by atoms with Crippen LogP contribution in [-0.2, 0) is 17.9 Å². The number of hydrogen-bond acceptors (Lipinski definition) is 4. The second kappa shape index (κ2) is 5.07. The van der Waals surface area contributed by atoms with Gasteiger partial charge in [-0.3, -0.25) is 14.0 Å². The number of nitrogens with zero attached hydrogens (tertiary/aromatic N) is 6. The summed E-state index contributed by atoms with van der Waals surface area (Å²) in [5.41, 5.74) is 0. The van der Waals surface area contributed by atoms with E-state index in [0.29, 0.717) is 13.1 Å². The normalized spacial score (nSPS) is 18.4. The average molecular weight is 274 g/mol. The molecule has 2 aromatic rings. The summed E-state index contributed by atoms with van der Waals surface area (Å²) in [6, 6.07) is 1.62. The minimum atomic E-state index is -0.245. The monoisotopic (exact) mass is 274 g/mol. The van der Waals surface area contributed by atoms with E-state index in [1.807, 2.05) is 28.7 Å². The molecule has 0 unspecified atom stereocenters. The topological polar surface area (TPSA) is 68.8 Å². The highest BCUT2D eigenvalue weighted by molar-refractivity contribution is 5.81. The summed E-state index contributed by atoms with van der Waals surface area (Å²) in [5.74, 6) is 1.77. The lowest BCUT2D eigenvalue weighted by molar-refractivity contribution is -0.137. The molecule has 1 amide bonds. The van der Waals surface area contributed by atoms with Crippen LogP contribution < -0.4 is 0 Å². The fourth-order valence-electron chi connectivity index (χ4n) is 2.64. The van der Waals surface area contributed by atoms with E-state index >= 15 is 0 Å². The van der Waals surface area contributed by atoms with Crippen LogP contribution in [0.15, 0.2) is 18.5 Å². The summed E-state index contributed by atoms with van der Waals surface area (Å²) in [7, 11) is 0. The molecule has 0 saturated heterocycles. The molecule has 7 nitrogen and oxygen atoms in total. The van der Waals surface area contributed by atoms with Gasteiger partial charge >= 0.3 is 0 Å². The summed E-state index contributed by atoms with van der Waals surface area (Å²) in [4.78, 5) is 14.2. The molecule has 1 atom stereocenters. The van der Waals surface area contributed by atoms with Crippen LogP contribution in [-0.4, -0.2) is 41.9 Å². The summed E-state index contributed by atoms with van der Waals surface area (Å²) < 4.78 is 3.73. The van der Waals surface area contributed by atoms with Crippen molar-refractivity contribution in [2.75, 3.05) is 6.54 Å². The van der Waals surface area contributed by atoms with Crippen molar-refractivity contribution in [2.45, 2.75) is 39.4 Å². The Balaban J connectivity index is 1.90. The molecule has 0 bridgehead atoms. The van der Waals surface area contributed by atoms with Crippen LogP contribution in [0.2, 0.25) is 0 Å². The molecular weight excluding hydrogens is 256 g/mol. The zero-order valence-electron chi connectivity index (χ0n) is 11.7. The van der Waals surface area contributed by atoms with Crippen LogP contribution in [0.1, 0.15) is 38.0 Å². The van der Waals surface area contributed by atoms with Gasteiger partial charge in [0.05, 0.1) is 6.54 Å². The second-order valence-corrected chi connectivity index (χ2v) is 5.04. The molecule has 1 aliphatic rings. The molecular formula is C13H18N6O. The quantitative estimate of drug-likeness (QED) is 0.828. The Labute approximate surface area is 117 Å². The molecule has 20 heavy (non-hydrogen) atoms. The first-order valence-electron chi connectivity index (χ1n) is 6.89. The molecule has 0 spiro atoms. The summed E-state index contributed by atoms with van der Waals surface area (Å²) >= 11 is 0. The molecule has 0 N–H and O–H groups in total. The molecule has 3 rings (SSSR count). The van der Waals surface area contributed by atoms with Crippen molar-refractivity contribution in [1.82, 2.24) is 29.4 Å². The Hall–Kier alpha value is -2.18. The third-order valence-electron chi connectivity index (χ3n) is 3.58. The molecule has 106 valence electrons. The van der Waals surface area contributed by atoms with E-state index in [1.165, 1.54) is 0 Å². The van der Waals surface area contributed by atoms with Crippen LogP contribution in [0.3, 0.4) is 0 Å². The van der Waals surface area contributed by atoms with Crippen molar-refractivity contribution in [3.05, 3.63) is 30.1 Å². The summed E-state index contributed by atoms with van der Waals surface area (Å²) in [6.45, 7) is 5.82. The number of carbonyl (C=O) groups is 1. The van der Waals surface area contributed by atoms with Gasteiger partial charge in [0.15, 0.2) is 11.6 Å². The number of amides is 1. The van der Waals surface area contributed by atoms with E-state index < -0.39 is 0 Å². The van der Waals surface area contributed by atoms with Gasteiger partial charge in [-0.1, -0.05) is 6.92 Å². The molecule has 2 aromatic heterocycles. The molecule has 1 aliphatic heterocycles. The van der Waals surface area contributed by atoms with Crippen molar-refractivity contribution in [1.29, 1.82) is 0 Å². The van der Waals surface area contributed by atoms with Crippen molar-refractivity contribution in [2.24, 2.45) is 0 Å². The standard InChI is InChI=1S/C13H18N6O/c1-3-6-17-8-11-15-16-12(9-18-7-4-5-14-18)19(11)10(2)13(17)20/h4-5,7,10H,3,6,8-9H2,1-2H3/t10-/m0/s1. The molecule has 0 fully saturated rings. The average Bonchev–Trinajstić information content (AvgIpc) is 3.07. The minimum Gasteiger partial charge on any atom is -0.333 e. The van der Waals surface area contributed by atoms with Gasteiger partial charge in [0.2, 0.25) is 5.91 Å². The van der Waals surface area contributed by atoms with Gasteiger partial charge in [-0.2, -0.15) is 5.10 Å². The second-order valence-electron chi connectivity index (χ2n) is 5.04. The molecule has 0 radical (unpaired) electrons. The van der Waals surface area contributed by atoms with Crippen molar-refractivity contribution in [3.63, 3.8) is 0 Å². The summed E-state index contributed by atoms with van der Waals surface area (Å²) in [6.07, 6.45) is 4.55. The lowest BCUT2D eigenvalue weighted by Gasteiger charge is -2.31. The number of rotatable bonds is 4. The van der Waals surface area contributed by atoms with Gasteiger partial charge in [-0.05, 0) is 19.4 Å². The Morgan fingerprint density at radius 1 is 1.40 bits per heavy atom. The van der Waals surface area contributed by atoms with Crippen molar-refractivity contribution in [3.8, 4) is 0 Å². The number of aromatic nitrogens is 5. The zero-order valence-corrected chi connectivity index (χ0v) is 11.7.